The van der Waals surface area contributed by atoms with Crippen LogP contribution in [0.1, 0.15) is 0 Å². The Morgan fingerprint density at radius 3 is 2.47 bits per heavy atom. The smallest absolute Gasteiger partial charge is 0.115 e. The molecule has 84 valence electrons. The van der Waals surface area contributed by atoms with Crippen molar-refractivity contribution in [2.45, 2.75) is 0 Å². The van der Waals surface area contributed by atoms with Crippen molar-refractivity contribution >= 4 is 34.2 Å². The molecular formula is C12H7Cl2N3. The van der Waals surface area contributed by atoms with Crippen LogP contribution < -0.4 is 0 Å². The molecule has 0 bridgehead atoms. The van der Waals surface area contributed by atoms with E-state index in [1.54, 1.807) is 18.2 Å². The summed E-state index contributed by atoms with van der Waals surface area (Å²) in [7, 11) is 0. The summed E-state index contributed by atoms with van der Waals surface area (Å²) in [5.74, 6) is 0. The lowest BCUT2D eigenvalue weighted by Crippen LogP contribution is -1.98. The topological polar surface area (TPSA) is 30.7 Å². The summed E-state index contributed by atoms with van der Waals surface area (Å²) in [6.45, 7) is 0. The van der Waals surface area contributed by atoms with E-state index >= 15 is 0 Å². The van der Waals surface area contributed by atoms with E-state index in [-0.39, 0.29) is 0 Å². The average molecular weight is 264 g/mol. The maximum atomic E-state index is 6.09. The van der Waals surface area contributed by atoms with Gasteiger partial charge in [0.1, 0.15) is 16.7 Å². The highest BCUT2D eigenvalue weighted by Crippen LogP contribution is 2.21. The first-order valence-electron chi connectivity index (χ1n) is 5.01. The third kappa shape index (κ3) is 1.88. The molecule has 0 fully saturated rings. The standard InChI is InChI=1S/C12H7Cl2N3/c13-8-5-6-10-11(7-8)16-17(15-10)12-4-2-1-3-9(12)14/h1-7H. The minimum absolute atomic E-state index is 0.610. The molecule has 3 rings (SSSR count). The Labute approximate surface area is 108 Å². The predicted molar refractivity (Wildman–Crippen MR) is 68.9 cm³/mol. The van der Waals surface area contributed by atoms with E-state index in [9.17, 15) is 0 Å². The zero-order chi connectivity index (χ0) is 11.8. The Kier molecular flexibility index (Phi) is 2.50. The van der Waals surface area contributed by atoms with E-state index in [0.717, 1.165) is 16.7 Å². The summed E-state index contributed by atoms with van der Waals surface area (Å²) in [4.78, 5) is 1.52. The van der Waals surface area contributed by atoms with E-state index in [2.05, 4.69) is 10.2 Å². The van der Waals surface area contributed by atoms with Crippen LogP contribution in [0.25, 0.3) is 16.7 Å². The molecule has 0 N–H and O–H groups in total. The largest absolute Gasteiger partial charge is 0.149 e. The minimum Gasteiger partial charge on any atom is -0.149 e. The molecule has 0 radical (unpaired) electrons. The molecule has 0 saturated heterocycles. The van der Waals surface area contributed by atoms with Gasteiger partial charge < -0.3 is 0 Å². The molecule has 0 unspecified atom stereocenters. The molecule has 0 aliphatic heterocycles. The van der Waals surface area contributed by atoms with Gasteiger partial charge in [0.2, 0.25) is 0 Å². The number of hydrogen-bond donors (Lipinski definition) is 0. The fourth-order valence-corrected chi connectivity index (χ4v) is 1.99. The number of nitrogens with zero attached hydrogens (tertiary/aromatic N) is 3. The molecule has 0 saturated carbocycles. The Morgan fingerprint density at radius 2 is 1.65 bits per heavy atom. The second kappa shape index (κ2) is 4.02. The summed E-state index contributed by atoms with van der Waals surface area (Å²) in [6.07, 6.45) is 0. The molecule has 5 heteroatoms. The van der Waals surface area contributed by atoms with Crippen LogP contribution in [-0.4, -0.2) is 15.0 Å². The van der Waals surface area contributed by atoms with Gasteiger partial charge >= 0.3 is 0 Å². The second-order valence-electron chi connectivity index (χ2n) is 3.57. The maximum absolute atomic E-state index is 6.09. The molecule has 3 aromatic rings. The van der Waals surface area contributed by atoms with Gasteiger partial charge in [-0.1, -0.05) is 35.3 Å². The Morgan fingerprint density at radius 1 is 0.882 bits per heavy atom. The first-order valence-corrected chi connectivity index (χ1v) is 5.77. The summed E-state index contributed by atoms with van der Waals surface area (Å²) in [6, 6.07) is 12.8. The van der Waals surface area contributed by atoms with Gasteiger partial charge in [0.15, 0.2) is 0 Å². The summed E-state index contributed by atoms with van der Waals surface area (Å²) in [5.41, 5.74) is 2.29. The van der Waals surface area contributed by atoms with Crippen molar-refractivity contribution in [1.82, 2.24) is 15.0 Å². The van der Waals surface area contributed by atoms with Crippen LogP contribution in [0.3, 0.4) is 0 Å². The molecule has 0 spiro atoms. The van der Waals surface area contributed by atoms with E-state index in [1.165, 1.54) is 4.80 Å². The van der Waals surface area contributed by atoms with Crippen LogP contribution in [-0.2, 0) is 0 Å². The van der Waals surface area contributed by atoms with Crippen LogP contribution in [0.4, 0.5) is 0 Å². The van der Waals surface area contributed by atoms with Crippen molar-refractivity contribution in [3.8, 4) is 5.69 Å². The van der Waals surface area contributed by atoms with E-state index in [0.29, 0.717) is 10.0 Å². The molecule has 2 aromatic carbocycles. The summed E-state index contributed by atoms with van der Waals surface area (Å²) < 4.78 is 0. The SMILES string of the molecule is Clc1ccc2nn(-c3ccccc3Cl)nc2c1. The predicted octanol–water partition coefficient (Wildman–Crippen LogP) is 3.73. The first kappa shape index (κ1) is 10.6. The zero-order valence-electron chi connectivity index (χ0n) is 8.64. The number of benzene rings is 2. The van der Waals surface area contributed by atoms with Gasteiger partial charge in [-0.05, 0) is 30.3 Å². The van der Waals surface area contributed by atoms with Gasteiger partial charge in [-0.25, -0.2) is 0 Å². The Bertz CT molecular complexity index is 691. The lowest BCUT2D eigenvalue weighted by Gasteiger charge is -2.00. The van der Waals surface area contributed by atoms with Crippen molar-refractivity contribution in [3.63, 3.8) is 0 Å². The normalized spacial score (nSPS) is 10.9. The lowest BCUT2D eigenvalue weighted by molar-refractivity contribution is 0.766. The van der Waals surface area contributed by atoms with Crippen molar-refractivity contribution < 1.29 is 0 Å². The zero-order valence-corrected chi connectivity index (χ0v) is 10.2. The molecular weight excluding hydrogens is 257 g/mol. The number of para-hydroxylation sites is 1. The summed E-state index contributed by atoms with van der Waals surface area (Å²) >= 11 is 12.0. The van der Waals surface area contributed by atoms with Gasteiger partial charge in [-0.2, -0.15) is 0 Å². The summed E-state index contributed by atoms with van der Waals surface area (Å²) in [5, 5.41) is 9.94. The number of fused-ring (bicyclic) bond motifs is 1. The number of hydrogen-bond acceptors (Lipinski definition) is 2. The van der Waals surface area contributed by atoms with Crippen LogP contribution in [0.5, 0.6) is 0 Å². The number of aromatic nitrogens is 3. The highest BCUT2D eigenvalue weighted by atomic mass is 35.5. The van der Waals surface area contributed by atoms with Gasteiger partial charge in [0, 0.05) is 5.02 Å². The number of rotatable bonds is 1. The van der Waals surface area contributed by atoms with E-state index in [1.807, 2.05) is 24.3 Å². The van der Waals surface area contributed by atoms with Crippen molar-refractivity contribution in [3.05, 3.63) is 52.5 Å². The van der Waals surface area contributed by atoms with Crippen molar-refractivity contribution in [2.24, 2.45) is 0 Å². The van der Waals surface area contributed by atoms with Crippen molar-refractivity contribution in [2.75, 3.05) is 0 Å². The van der Waals surface area contributed by atoms with Gasteiger partial charge in [-0.3, -0.25) is 0 Å². The van der Waals surface area contributed by atoms with E-state index < -0.39 is 0 Å². The van der Waals surface area contributed by atoms with Crippen LogP contribution in [0, 0.1) is 0 Å². The van der Waals surface area contributed by atoms with Crippen molar-refractivity contribution in [1.29, 1.82) is 0 Å². The van der Waals surface area contributed by atoms with Gasteiger partial charge in [0.25, 0.3) is 0 Å². The first-order chi connectivity index (χ1) is 8.24. The molecule has 0 amide bonds. The molecule has 3 nitrogen and oxygen atoms in total. The molecule has 0 atom stereocenters. The third-order valence-corrected chi connectivity index (χ3v) is 2.97. The molecule has 0 aliphatic carbocycles. The Balaban J connectivity index is 2.22. The van der Waals surface area contributed by atoms with Crippen LogP contribution >= 0.6 is 23.2 Å². The van der Waals surface area contributed by atoms with E-state index in [4.69, 9.17) is 23.2 Å². The minimum atomic E-state index is 0.610. The second-order valence-corrected chi connectivity index (χ2v) is 4.42. The molecule has 1 heterocycles. The monoisotopic (exact) mass is 263 g/mol. The molecule has 17 heavy (non-hydrogen) atoms. The fourth-order valence-electron chi connectivity index (χ4n) is 1.61. The quantitative estimate of drug-likeness (QED) is 0.670. The molecule has 1 aromatic heterocycles. The third-order valence-electron chi connectivity index (χ3n) is 2.41. The maximum Gasteiger partial charge on any atom is 0.115 e. The van der Waals surface area contributed by atoms with Gasteiger partial charge in [-0.15, -0.1) is 15.0 Å². The average Bonchev–Trinajstić information content (AvgIpc) is 2.72. The fraction of sp³-hybridized carbons (Fsp3) is 0. The highest BCUT2D eigenvalue weighted by Gasteiger charge is 2.07. The molecule has 0 aliphatic rings. The number of halogens is 2. The lowest BCUT2D eigenvalue weighted by atomic mass is 10.3. The van der Waals surface area contributed by atoms with Crippen LogP contribution in [0.15, 0.2) is 42.5 Å². The Hall–Kier alpha value is -1.58. The van der Waals surface area contributed by atoms with Gasteiger partial charge in [0.05, 0.1) is 5.02 Å². The highest BCUT2D eigenvalue weighted by molar-refractivity contribution is 6.32. The van der Waals surface area contributed by atoms with Crippen LogP contribution in [0.2, 0.25) is 10.0 Å².